The zero-order chi connectivity index (χ0) is 9.56. The van der Waals surface area contributed by atoms with Crippen molar-refractivity contribution >= 4 is 11.9 Å². The lowest BCUT2D eigenvalue weighted by Gasteiger charge is -2.05. The van der Waals surface area contributed by atoms with Gasteiger partial charge in [-0.25, -0.2) is 0 Å². The van der Waals surface area contributed by atoms with E-state index in [1.54, 1.807) is 7.05 Å². The number of carboxylic acid groups (broad SMARTS) is 1. The zero-order valence-electron chi connectivity index (χ0n) is 7.00. The van der Waals surface area contributed by atoms with Crippen molar-refractivity contribution in [2.45, 2.75) is 13.0 Å². The number of nitrogens with one attached hydrogen (secondary N) is 2. The van der Waals surface area contributed by atoms with Crippen molar-refractivity contribution < 1.29 is 14.7 Å². The van der Waals surface area contributed by atoms with Gasteiger partial charge in [-0.1, -0.05) is 0 Å². The quantitative estimate of drug-likeness (QED) is 0.490. The summed E-state index contributed by atoms with van der Waals surface area (Å²) >= 11 is 0. The van der Waals surface area contributed by atoms with Crippen LogP contribution in [-0.2, 0) is 9.59 Å². The summed E-state index contributed by atoms with van der Waals surface area (Å²) in [5.74, 6) is -1.49. The lowest BCUT2D eigenvalue weighted by Crippen LogP contribution is -2.37. The molecule has 5 heteroatoms. The van der Waals surface area contributed by atoms with Gasteiger partial charge < -0.3 is 15.7 Å². The van der Waals surface area contributed by atoms with E-state index < -0.39 is 17.9 Å². The van der Waals surface area contributed by atoms with Gasteiger partial charge in [-0.2, -0.15) is 0 Å². The van der Waals surface area contributed by atoms with Gasteiger partial charge in [-0.3, -0.25) is 9.59 Å². The fourth-order valence-corrected chi connectivity index (χ4v) is 0.482. The Hall–Kier alpha value is -1.52. The van der Waals surface area contributed by atoms with Gasteiger partial charge in [0.1, 0.15) is 6.04 Å². The minimum absolute atomic E-state index is 0.431. The Morgan fingerprint density at radius 3 is 2.50 bits per heavy atom. The molecule has 0 fully saturated rings. The van der Waals surface area contributed by atoms with Crippen molar-refractivity contribution in [3.63, 3.8) is 0 Å². The number of carbonyl (C=O) groups is 2. The molecule has 0 aliphatic carbocycles. The highest BCUT2D eigenvalue weighted by Crippen LogP contribution is 1.81. The van der Waals surface area contributed by atoms with E-state index in [0.29, 0.717) is 0 Å². The van der Waals surface area contributed by atoms with Gasteiger partial charge in [0.25, 0.3) is 0 Å². The number of rotatable bonds is 4. The number of aliphatic carboxylic acids is 1. The van der Waals surface area contributed by atoms with Crippen LogP contribution in [0.25, 0.3) is 0 Å². The maximum absolute atomic E-state index is 10.8. The van der Waals surface area contributed by atoms with E-state index in [4.69, 9.17) is 5.11 Å². The summed E-state index contributed by atoms with van der Waals surface area (Å²) in [5.41, 5.74) is 0. The standard InChI is InChI=1S/C7H12N2O3/c1-5(7(11)12)9-6(10)3-4-8-2/h3-5,8H,1-2H3,(H,9,10)(H,11,12)/b4-3-. The minimum Gasteiger partial charge on any atom is -0.480 e. The Morgan fingerprint density at radius 1 is 1.50 bits per heavy atom. The molecule has 12 heavy (non-hydrogen) atoms. The summed E-state index contributed by atoms with van der Waals surface area (Å²) in [6, 6.07) is -0.862. The molecule has 0 aromatic heterocycles. The van der Waals surface area contributed by atoms with Crippen molar-refractivity contribution in [2.24, 2.45) is 0 Å². The molecule has 0 aromatic rings. The first-order valence-electron chi connectivity index (χ1n) is 3.45. The van der Waals surface area contributed by atoms with Crippen molar-refractivity contribution in [1.29, 1.82) is 0 Å². The summed E-state index contributed by atoms with van der Waals surface area (Å²) in [5, 5.41) is 13.3. The average molecular weight is 172 g/mol. The van der Waals surface area contributed by atoms with E-state index in [9.17, 15) is 9.59 Å². The van der Waals surface area contributed by atoms with E-state index in [-0.39, 0.29) is 0 Å². The first kappa shape index (κ1) is 10.5. The predicted octanol–water partition coefficient (Wildman–Crippen LogP) is -0.691. The van der Waals surface area contributed by atoms with Crippen LogP contribution >= 0.6 is 0 Å². The van der Waals surface area contributed by atoms with Crippen molar-refractivity contribution in [2.75, 3.05) is 7.05 Å². The highest BCUT2D eigenvalue weighted by molar-refractivity contribution is 5.90. The normalized spacial score (nSPS) is 12.5. The molecule has 1 unspecified atom stereocenters. The molecule has 0 rings (SSSR count). The molecule has 5 nitrogen and oxygen atoms in total. The van der Waals surface area contributed by atoms with E-state index in [0.717, 1.165) is 0 Å². The number of amides is 1. The van der Waals surface area contributed by atoms with Crippen LogP contribution in [0.4, 0.5) is 0 Å². The molecule has 0 radical (unpaired) electrons. The van der Waals surface area contributed by atoms with Crippen molar-refractivity contribution in [3.05, 3.63) is 12.3 Å². The Bertz CT molecular complexity index is 201. The fourth-order valence-electron chi connectivity index (χ4n) is 0.482. The molecular weight excluding hydrogens is 160 g/mol. The molecule has 0 saturated heterocycles. The first-order chi connectivity index (χ1) is 5.57. The number of hydrogen-bond donors (Lipinski definition) is 3. The van der Waals surface area contributed by atoms with Crippen LogP contribution in [0, 0.1) is 0 Å². The zero-order valence-corrected chi connectivity index (χ0v) is 7.00. The average Bonchev–Trinajstić information content (AvgIpc) is 2.00. The maximum Gasteiger partial charge on any atom is 0.325 e. The van der Waals surface area contributed by atoms with Crippen LogP contribution < -0.4 is 10.6 Å². The summed E-state index contributed by atoms with van der Waals surface area (Å²) in [6.45, 7) is 1.40. The Kier molecular flexibility index (Phi) is 4.52. The Labute approximate surface area is 70.5 Å². The fraction of sp³-hybridized carbons (Fsp3) is 0.429. The van der Waals surface area contributed by atoms with Gasteiger partial charge in [-0.15, -0.1) is 0 Å². The number of carbonyl (C=O) groups excluding carboxylic acids is 1. The van der Waals surface area contributed by atoms with Crippen LogP contribution in [0.3, 0.4) is 0 Å². The molecule has 0 saturated carbocycles. The Morgan fingerprint density at radius 2 is 2.08 bits per heavy atom. The van der Waals surface area contributed by atoms with E-state index >= 15 is 0 Å². The smallest absolute Gasteiger partial charge is 0.325 e. The van der Waals surface area contributed by atoms with Crippen LogP contribution in [0.1, 0.15) is 6.92 Å². The van der Waals surface area contributed by atoms with E-state index in [1.807, 2.05) is 0 Å². The van der Waals surface area contributed by atoms with Crippen LogP contribution in [0.5, 0.6) is 0 Å². The van der Waals surface area contributed by atoms with Crippen molar-refractivity contribution in [1.82, 2.24) is 10.6 Å². The third-order valence-electron chi connectivity index (χ3n) is 1.13. The van der Waals surface area contributed by atoms with Crippen molar-refractivity contribution in [3.8, 4) is 0 Å². The summed E-state index contributed by atoms with van der Waals surface area (Å²) in [7, 11) is 1.64. The molecule has 1 atom stereocenters. The van der Waals surface area contributed by atoms with E-state index in [2.05, 4.69) is 10.6 Å². The number of hydrogen-bond acceptors (Lipinski definition) is 3. The molecule has 1 amide bonds. The lowest BCUT2D eigenvalue weighted by molar-refractivity contribution is -0.140. The highest BCUT2D eigenvalue weighted by Gasteiger charge is 2.11. The first-order valence-corrected chi connectivity index (χ1v) is 3.45. The summed E-state index contributed by atoms with van der Waals surface area (Å²) in [4.78, 5) is 21.1. The van der Waals surface area contributed by atoms with Crippen LogP contribution in [0.15, 0.2) is 12.3 Å². The molecule has 0 aliphatic heterocycles. The summed E-state index contributed by atoms with van der Waals surface area (Å²) < 4.78 is 0. The highest BCUT2D eigenvalue weighted by atomic mass is 16.4. The third kappa shape index (κ3) is 4.32. The molecule has 3 N–H and O–H groups in total. The predicted molar refractivity (Wildman–Crippen MR) is 43.4 cm³/mol. The summed E-state index contributed by atoms with van der Waals surface area (Å²) in [6.07, 6.45) is 2.64. The number of carboxylic acids is 1. The maximum atomic E-state index is 10.8. The molecule has 68 valence electrons. The van der Waals surface area contributed by atoms with Gasteiger partial charge in [0, 0.05) is 19.3 Å². The third-order valence-corrected chi connectivity index (χ3v) is 1.13. The SMILES string of the molecule is CN/C=C\C(=O)NC(C)C(=O)O. The largest absolute Gasteiger partial charge is 0.480 e. The topological polar surface area (TPSA) is 78.4 Å². The van der Waals surface area contributed by atoms with Gasteiger partial charge in [0.2, 0.25) is 5.91 Å². The van der Waals surface area contributed by atoms with E-state index in [1.165, 1.54) is 19.2 Å². The van der Waals surface area contributed by atoms with Crippen LogP contribution in [0.2, 0.25) is 0 Å². The van der Waals surface area contributed by atoms with Gasteiger partial charge in [0.15, 0.2) is 0 Å². The second kappa shape index (κ2) is 5.17. The second-order valence-corrected chi connectivity index (χ2v) is 2.19. The second-order valence-electron chi connectivity index (χ2n) is 2.19. The minimum atomic E-state index is -1.05. The molecule has 0 bridgehead atoms. The molecule has 0 aliphatic rings. The molecule has 0 aromatic carbocycles. The lowest BCUT2D eigenvalue weighted by atomic mass is 10.3. The van der Waals surface area contributed by atoms with Gasteiger partial charge in [0.05, 0.1) is 0 Å². The van der Waals surface area contributed by atoms with Crippen LogP contribution in [-0.4, -0.2) is 30.1 Å². The molecule has 0 heterocycles. The Balaban J connectivity index is 3.84. The monoisotopic (exact) mass is 172 g/mol. The molecular formula is C7H12N2O3. The van der Waals surface area contributed by atoms with Gasteiger partial charge >= 0.3 is 5.97 Å². The molecule has 0 spiro atoms. The van der Waals surface area contributed by atoms with Gasteiger partial charge in [-0.05, 0) is 6.92 Å².